The van der Waals surface area contributed by atoms with Crippen LogP contribution in [0.3, 0.4) is 0 Å². The standard InChI is InChI=1S/C14H20N2O3/c1-2-11-4-3-7-15(9-11)13-5-6-14(16(18)19)12(8-13)10-17/h5-6,8,11,17H,2-4,7,9-10H2,1H3. The van der Waals surface area contributed by atoms with Gasteiger partial charge in [-0.2, -0.15) is 0 Å². The Morgan fingerprint density at radius 3 is 2.95 bits per heavy atom. The predicted octanol–water partition coefficient (Wildman–Crippen LogP) is 2.71. The fraction of sp³-hybridized carbons (Fsp3) is 0.571. The van der Waals surface area contributed by atoms with Gasteiger partial charge in [0.05, 0.1) is 17.1 Å². The van der Waals surface area contributed by atoms with Crippen LogP contribution in [0.1, 0.15) is 31.7 Å². The van der Waals surface area contributed by atoms with Gasteiger partial charge in [0.15, 0.2) is 0 Å². The molecule has 2 rings (SSSR count). The first-order valence-electron chi connectivity index (χ1n) is 6.78. The summed E-state index contributed by atoms with van der Waals surface area (Å²) in [6.45, 7) is 3.89. The first-order valence-corrected chi connectivity index (χ1v) is 6.78. The zero-order valence-electron chi connectivity index (χ0n) is 11.2. The molecule has 0 aromatic heterocycles. The highest BCUT2D eigenvalue weighted by atomic mass is 16.6. The summed E-state index contributed by atoms with van der Waals surface area (Å²) in [7, 11) is 0. The van der Waals surface area contributed by atoms with Crippen molar-refractivity contribution in [2.75, 3.05) is 18.0 Å². The Morgan fingerprint density at radius 1 is 1.53 bits per heavy atom. The summed E-state index contributed by atoms with van der Waals surface area (Å²) in [4.78, 5) is 12.7. The van der Waals surface area contributed by atoms with E-state index < -0.39 is 4.92 Å². The van der Waals surface area contributed by atoms with Gasteiger partial charge in [-0.25, -0.2) is 0 Å². The molecule has 1 aromatic carbocycles. The molecule has 1 aromatic rings. The van der Waals surface area contributed by atoms with Gasteiger partial charge in [-0.3, -0.25) is 10.1 Å². The molecule has 0 bridgehead atoms. The average Bonchev–Trinajstić information content (AvgIpc) is 2.46. The van der Waals surface area contributed by atoms with Gasteiger partial charge >= 0.3 is 0 Å². The van der Waals surface area contributed by atoms with Crippen LogP contribution in [0.25, 0.3) is 0 Å². The molecule has 1 N–H and O–H groups in total. The highest BCUT2D eigenvalue weighted by molar-refractivity contribution is 5.55. The summed E-state index contributed by atoms with van der Waals surface area (Å²) in [5, 5.41) is 20.1. The quantitative estimate of drug-likeness (QED) is 0.670. The van der Waals surface area contributed by atoms with E-state index in [0.717, 1.165) is 31.6 Å². The highest BCUT2D eigenvalue weighted by Crippen LogP contribution is 2.29. The molecule has 104 valence electrons. The van der Waals surface area contributed by atoms with Crippen LogP contribution in [0.15, 0.2) is 18.2 Å². The minimum absolute atomic E-state index is 0.00435. The Balaban J connectivity index is 2.23. The Morgan fingerprint density at radius 2 is 2.32 bits per heavy atom. The largest absolute Gasteiger partial charge is 0.391 e. The summed E-state index contributed by atoms with van der Waals surface area (Å²) in [6.07, 6.45) is 3.58. The Bertz CT molecular complexity index is 462. The Kier molecular flexibility index (Phi) is 4.37. The Labute approximate surface area is 113 Å². The smallest absolute Gasteiger partial charge is 0.275 e. The number of piperidine rings is 1. The highest BCUT2D eigenvalue weighted by Gasteiger charge is 2.21. The van der Waals surface area contributed by atoms with Gasteiger partial charge in [-0.15, -0.1) is 0 Å². The molecule has 1 fully saturated rings. The van der Waals surface area contributed by atoms with Crippen LogP contribution in [0.4, 0.5) is 11.4 Å². The maximum Gasteiger partial charge on any atom is 0.275 e. The van der Waals surface area contributed by atoms with Crippen molar-refractivity contribution in [3.8, 4) is 0 Å². The predicted molar refractivity (Wildman–Crippen MR) is 74.2 cm³/mol. The zero-order valence-corrected chi connectivity index (χ0v) is 11.2. The number of hydrogen-bond donors (Lipinski definition) is 1. The van der Waals surface area contributed by atoms with E-state index in [1.165, 1.54) is 12.5 Å². The lowest BCUT2D eigenvalue weighted by atomic mass is 9.95. The second kappa shape index (κ2) is 6.02. The van der Waals surface area contributed by atoms with Gasteiger partial charge in [0.25, 0.3) is 5.69 Å². The lowest BCUT2D eigenvalue weighted by Gasteiger charge is -2.34. The van der Waals surface area contributed by atoms with Gasteiger partial charge in [-0.05, 0) is 30.9 Å². The van der Waals surface area contributed by atoms with Crippen molar-refractivity contribution in [2.45, 2.75) is 32.8 Å². The number of aliphatic hydroxyl groups excluding tert-OH is 1. The third-order valence-corrected chi connectivity index (χ3v) is 3.89. The van der Waals surface area contributed by atoms with Gasteiger partial charge in [0.1, 0.15) is 0 Å². The minimum Gasteiger partial charge on any atom is -0.391 e. The van der Waals surface area contributed by atoms with Crippen LogP contribution in [-0.4, -0.2) is 23.1 Å². The van der Waals surface area contributed by atoms with Crippen molar-refractivity contribution in [3.63, 3.8) is 0 Å². The summed E-state index contributed by atoms with van der Waals surface area (Å²) in [6, 6.07) is 5.03. The van der Waals surface area contributed by atoms with Crippen molar-refractivity contribution < 1.29 is 10.0 Å². The van der Waals surface area contributed by atoms with E-state index in [9.17, 15) is 15.2 Å². The molecule has 1 aliphatic heterocycles. The molecule has 1 saturated heterocycles. The van der Waals surface area contributed by atoms with E-state index in [0.29, 0.717) is 11.5 Å². The monoisotopic (exact) mass is 264 g/mol. The van der Waals surface area contributed by atoms with Crippen molar-refractivity contribution in [1.29, 1.82) is 0 Å². The molecule has 0 aliphatic carbocycles. The normalized spacial score (nSPS) is 19.5. The SMILES string of the molecule is CCC1CCCN(c2ccc([N+](=O)[O-])c(CO)c2)C1. The first kappa shape index (κ1) is 13.8. The van der Waals surface area contributed by atoms with Crippen LogP contribution < -0.4 is 4.90 Å². The van der Waals surface area contributed by atoms with Crippen LogP contribution in [0, 0.1) is 16.0 Å². The zero-order chi connectivity index (χ0) is 13.8. The van der Waals surface area contributed by atoms with E-state index in [4.69, 9.17) is 0 Å². The van der Waals surface area contributed by atoms with Gasteiger partial charge in [0, 0.05) is 24.8 Å². The number of nitrogens with zero attached hydrogens (tertiary/aromatic N) is 2. The number of aliphatic hydroxyl groups is 1. The Hall–Kier alpha value is -1.62. The molecule has 0 radical (unpaired) electrons. The van der Waals surface area contributed by atoms with Crippen LogP contribution in [-0.2, 0) is 6.61 Å². The summed E-state index contributed by atoms with van der Waals surface area (Å²) < 4.78 is 0. The summed E-state index contributed by atoms with van der Waals surface area (Å²) >= 11 is 0. The van der Waals surface area contributed by atoms with Crippen molar-refractivity contribution in [3.05, 3.63) is 33.9 Å². The van der Waals surface area contributed by atoms with Crippen LogP contribution >= 0.6 is 0 Å². The number of rotatable bonds is 4. The molecule has 5 heteroatoms. The number of nitro benzene ring substituents is 1. The first-order chi connectivity index (χ1) is 9.15. The molecular weight excluding hydrogens is 244 g/mol. The second-order valence-corrected chi connectivity index (χ2v) is 5.09. The van der Waals surface area contributed by atoms with Gasteiger partial charge in [0.2, 0.25) is 0 Å². The molecule has 1 atom stereocenters. The fourth-order valence-electron chi connectivity index (χ4n) is 2.71. The summed E-state index contributed by atoms with van der Waals surface area (Å²) in [5.41, 5.74) is 1.37. The van der Waals surface area contributed by atoms with Crippen LogP contribution in [0.5, 0.6) is 0 Å². The molecule has 1 heterocycles. The lowest BCUT2D eigenvalue weighted by molar-refractivity contribution is -0.385. The third kappa shape index (κ3) is 3.04. The molecule has 1 unspecified atom stereocenters. The minimum atomic E-state index is -0.444. The van der Waals surface area contributed by atoms with E-state index in [1.54, 1.807) is 12.1 Å². The van der Waals surface area contributed by atoms with Crippen molar-refractivity contribution in [1.82, 2.24) is 0 Å². The topological polar surface area (TPSA) is 66.6 Å². The van der Waals surface area contributed by atoms with Crippen molar-refractivity contribution >= 4 is 11.4 Å². The number of benzene rings is 1. The van der Waals surface area contributed by atoms with Gasteiger partial charge in [-0.1, -0.05) is 13.3 Å². The molecule has 19 heavy (non-hydrogen) atoms. The number of anilines is 1. The average molecular weight is 264 g/mol. The summed E-state index contributed by atoms with van der Waals surface area (Å²) in [5.74, 6) is 0.696. The number of hydrogen-bond acceptors (Lipinski definition) is 4. The van der Waals surface area contributed by atoms with Crippen molar-refractivity contribution in [2.24, 2.45) is 5.92 Å². The second-order valence-electron chi connectivity index (χ2n) is 5.09. The molecule has 0 amide bonds. The maximum atomic E-state index is 10.8. The van der Waals surface area contributed by atoms with Crippen LogP contribution in [0.2, 0.25) is 0 Å². The number of nitro groups is 1. The molecule has 0 saturated carbocycles. The molecular formula is C14H20N2O3. The molecule has 0 spiro atoms. The fourth-order valence-corrected chi connectivity index (χ4v) is 2.71. The molecule has 1 aliphatic rings. The van der Waals surface area contributed by atoms with Gasteiger partial charge < -0.3 is 10.0 Å². The van der Waals surface area contributed by atoms with E-state index >= 15 is 0 Å². The van der Waals surface area contributed by atoms with E-state index in [2.05, 4.69) is 11.8 Å². The maximum absolute atomic E-state index is 10.8. The van der Waals surface area contributed by atoms with E-state index in [1.807, 2.05) is 0 Å². The molecule has 5 nitrogen and oxygen atoms in total. The third-order valence-electron chi connectivity index (χ3n) is 3.89. The van der Waals surface area contributed by atoms with E-state index in [-0.39, 0.29) is 12.3 Å². The lowest BCUT2D eigenvalue weighted by Crippen LogP contribution is -2.35.